The molecule has 1 aromatic carbocycles. The molecule has 2 aromatic rings. The summed E-state index contributed by atoms with van der Waals surface area (Å²) in [6, 6.07) is 9.57. The maximum atomic E-state index is 10.6. The van der Waals surface area contributed by atoms with Crippen molar-refractivity contribution in [1.29, 1.82) is 0 Å². The van der Waals surface area contributed by atoms with Gasteiger partial charge >= 0.3 is 0 Å². The van der Waals surface area contributed by atoms with Gasteiger partial charge in [0, 0.05) is 12.2 Å². The quantitative estimate of drug-likeness (QED) is 0.785. The maximum absolute atomic E-state index is 10.6. The van der Waals surface area contributed by atoms with E-state index in [0.717, 1.165) is 5.69 Å². The maximum Gasteiger partial charge on any atom is 0.218 e. The van der Waals surface area contributed by atoms with Crippen LogP contribution in [-0.2, 0) is 4.79 Å². The van der Waals surface area contributed by atoms with E-state index in [1.165, 1.54) is 11.8 Å². The number of nitrogens with two attached hydrogens (primary N) is 1. The van der Waals surface area contributed by atoms with Gasteiger partial charge in [-0.25, -0.2) is 0 Å². The van der Waals surface area contributed by atoms with Crippen LogP contribution in [0.2, 0.25) is 0 Å². The summed E-state index contributed by atoms with van der Waals surface area (Å²) >= 11 is 1.40. The zero-order valence-corrected chi connectivity index (χ0v) is 9.80. The highest BCUT2D eigenvalue weighted by atomic mass is 32.2. The average Bonchev–Trinajstić information content (AvgIpc) is 2.78. The van der Waals surface area contributed by atoms with Gasteiger partial charge in [0.15, 0.2) is 0 Å². The molecule has 88 valence electrons. The lowest BCUT2D eigenvalue weighted by atomic mass is 10.3. The zero-order chi connectivity index (χ0) is 12.1. The highest BCUT2D eigenvalue weighted by molar-refractivity contribution is 7.99. The summed E-state index contributed by atoms with van der Waals surface area (Å²) in [4.78, 5) is 10.6. The molecule has 0 aliphatic carbocycles. The molecule has 1 aromatic heterocycles. The van der Waals surface area contributed by atoms with Crippen molar-refractivity contribution < 1.29 is 4.79 Å². The molecule has 0 spiro atoms. The monoisotopic (exact) mass is 249 g/mol. The molecule has 0 atom stereocenters. The molecule has 0 unspecified atom stereocenters. The molecule has 0 saturated heterocycles. The smallest absolute Gasteiger partial charge is 0.218 e. The van der Waals surface area contributed by atoms with Gasteiger partial charge in [-0.05, 0) is 22.6 Å². The normalized spacial score (nSPS) is 10.4. The van der Waals surface area contributed by atoms with Crippen molar-refractivity contribution in [1.82, 2.24) is 20.2 Å². The third-order valence-corrected chi connectivity index (χ3v) is 2.94. The minimum atomic E-state index is -0.323. The average molecular weight is 249 g/mol. The minimum absolute atomic E-state index is 0.312. The van der Waals surface area contributed by atoms with Gasteiger partial charge in [0.2, 0.25) is 11.1 Å². The second-order valence-corrected chi connectivity index (χ2v) is 4.34. The highest BCUT2D eigenvalue weighted by Gasteiger charge is 2.08. The Hall–Kier alpha value is -1.89. The van der Waals surface area contributed by atoms with Crippen LogP contribution >= 0.6 is 11.8 Å². The van der Waals surface area contributed by atoms with Crippen molar-refractivity contribution >= 4 is 17.7 Å². The summed E-state index contributed by atoms with van der Waals surface area (Å²) in [6.45, 7) is 0. The molecule has 1 heterocycles. The number of nitrogens with zero attached hydrogens (tertiary/aromatic N) is 4. The standard InChI is InChI=1S/C10H11N5OS/c11-9(16)6-7-17-10-12-13-14-15(10)8-4-2-1-3-5-8/h1-5H,6-7H2,(H2,11,16). The Bertz CT molecular complexity index is 498. The van der Waals surface area contributed by atoms with E-state index in [1.807, 2.05) is 30.3 Å². The number of rotatable bonds is 5. The third-order valence-electron chi connectivity index (χ3n) is 2.02. The first-order valence-electron chi connectivity index (χ1n) is 5.02. The molecule has 6 nitrogen and oxygen atoms in total. The predicted molar refractivity (Wildman–Crippen MR) is 63.7 cm³/mol. The molecule has 0 radical (unpaired) electrons. The lowest BCUT2D eigenvalue weighted by molar-refractivity contribution is -0.117. The fraction of sp³-hybridized carbons (Fsp3) is 0.200. The van der Waals surface area contributed by atoms with Gasteiger partial charge in [-0.15, -0.1) is 5.10 Å². The van der Waals surface area contributed by atoms with Crippen LogP contribution in [-0.4, -0.2) is 31.9 Å². The van der Waals surface area contributed by atoms with Crippen molar-refractivity contribution in [3.05, 3.63) is 30.3 Å². The van der Waals surface area contributed by atoms with Crippen molar-refractivity contribution in [2.75, 3.05) is 5.75 Å². The van der Waals surface area contributed by atoms with Crippen LogP contribution in [0.1, 0.15) is 6.42 Å². The Morgan fingerprint density at radius 2 is 2.12 bits per heavy atom. The van der Waals surface area contributed by atoms with Crippen molar-refractivity contribution in [2.45, 2.75) is 11.6 Å². The van der Waals surface area contributed by atoms with Gasteiger partial charge in [-0.2, -0.15) is 4.68 Å². The number of primary amides is 1. The Labute approximate surface area is 102 Å². The largest absolute Gasteiger partial charge is 0.370 e. The topological polar surface area (TPSA) is 86.7 Å². The number of hydrogen-bond acceptors (Lipinski definition) is 5. The minimum Gasteiger partial charge on any atom is -0.370 e. The molecule has 0 aliphatic heterocycles. The number of tetrazole rings is 1. The number of benzene rings is 1. The van der Waals surface area contributed by atoms with Gasteiger partial charge in [-0.3, -0.25) is 4.79 Å². The summed E-state index contributed by atoms with van der Waals surface area (Å²) in [5.74, 6) is 0.249. The van der Waals surface area contributed by atoms with Crippen molar-refractivity contribution in [3.8, 4) is 5.69 Å². The molecule has 0 fully saturated rings. The van der Waals surface area contributed by atoms with Crippen LogP contribution in [0.3, 0.4) is 0 Å². The van der Waals surface area contributed by atoms with E-state index in [4.69, 9.17) is 5.73 Å². The van der Waals surface area contributed by atoms with Gasteiger partial charge in [-0.1, -0.05) is 30.0 Å². The summed E-state index contributed by atoms with van der Waals surface area (Å²) < 4.78 is 1.63. The SMILES string of the molecule is NC(=O)CCSc1nnnn1-c1ccccc1. The van der Waals surface area contributed by atoms with Gasteiger partial charge in [0.25, 0.3) is 0 Å². The fourth-order valence-corrected chi connectivity index (χ4v) is 2.09. The number of carbonyl (C=O) groups is 1. The van der Waals surface area contributed by atoms with Gasteiger partial charge in [0.1, 0.15) is 0 Å². The summed E-state index contributed by atoms with van der Waals surface area (Å²) in [6.07, 6.45) is 0.312. The van der Waals surface area contributed by atoms with Crippen LogP contribution in [0, 0.1) is 0 Å². The Morgan fingerprint density at radius 3 is 2.82 bits per heavy atom. The summed E-state index contributed by atoms with van der Waals surface area (Å²) in [5, 5.41) is 12.1. The number of thioether (sulfide) groups is 1. The molecule has 7 heteroatoms. The molecule has 17 heavy (non-hydrogen) atoms. The van der Waals surface area contributed by atoms with Gasteiger partial charge in [0.05, 0.1) is 5.69 Å². The Morgan fingerprint density at radius 1 is 1.35 bits per heavy atom. The van der Waals surface area contributed by atoms with E-state index in [1.54, 1.807) is 4.68 Å². The van der Waals surface area contributed by atoms with Crippen LogP contribution in [0.15, 0.2) is 35.5 Å². The fourth-order valence-electron chi connectivity index (χ4n) is 1.24. The molecule has 1 amide bonds. The first-order valence-corrected chi connectivity index (χ1v) is 6.01. The van der Waals surface area contributed by atoms with Crippen LogP contribution in [0.4, 0.5) is 0 Å². The Kier molecular flexibility index (Phi) is 3.71. The first kappa shape index (κ1) is 11.6. The number of aromatic nitrogens is 4. The van der Waals surface area contributed by atoms with Crippen LogP contribution in [0.5, 0.6) is 0 Å². The lowest BCUT2D eigenvalue weighted by Crippen LogP contribution is -2.11. The van der Waals surface area contributed by atoms with Crippen LogP contribution < -0.4 is 5.73 Å². The molecule has 2 rings (SSSR count). The van der Waals surface area contributed by atoms with Crippen molar-refractivity contribution in [2.24, 2.45) is 5.73 Å². The highest BCUT2D eigenvalue weighted by Crippen LogP contribution is 2.18. The van der Waals surface area contributed by atoms with E-state index < -0.39 is 0 Å². The van der Waals surface area contributed by atoms with E-state index in [0.29, 0.717) is 17.3 Å². The zero-order valence-electron chi connectivity index (χ0n) is 8.98. The number of carbonyl (C=O) groups excluding carboxylic acids is 1. The second kappa shape index (κ2) is 5.44. The van der Waals surface area contributed by atoms with Crippen LogP contribution in [0.25, 0.3) is 5.69 Å². The Balaban J connectivity index is 2.10. The first-order chi connectivity index (χ1) is 8.27. The van der Waals surface area contributed by atoms with Gasteiger partial charge < -0.3 is 5.73 Å². The number of para-hydroxylation sites is 1. The summed E-state index contributed by atoms with van der Waals surface area (Å²) in [7, 11) is 0. The third kappa shape index (κ3) is 3.04. The molecular weight excluding hydrogens is 238 g/mol. The number of amides is 1. The van der Waals surface area contributed by atoms with E-state index >= 15 is 0 Å². The molecule has 0 aliphatic rings. The second-order valence-electron chi connectivity index (χ2n) is 3.27. The van der Waals surface area contributed by atoms with E-state index in [2.05, 4.69) is 15.5 Å². The molecular formula is C10H11N5OS. The predicted octanol–water partition coefficient (Wildman–Crippen LogP) is 0.630. The van der Waals surface area contributed by atoms with E-state index in [9.17, 15) is 4.79 Å². The van der Waals surface area contributed by atoms with Crippen molar-refractivity contribution in [3.63, 3.8) is 0 Å². The molecule has 0 bridgehead atoms. The van der Waals surface area contributed by atoms with E-state index in [-0.39, 0.29) is 5.91 Å². The number of hydrogen-bond donors (Lipinski definition) is 1. The molecule has 2 N–H and O–H groups in total. The summed E-state index contributed by atoms with van der Waals surface area (Å²) in [5.41, 5.74) is 5.96. The molecule has 0 saturated carbocycles. The lowest BCUT2D eigenvalue weighted by Gasteiger charge is -2.02.